The fourth-order valence-electron chi connectivity index (χ4n) is 3.02. The fourth-order valence-corrected chi connectivity index (χ4v) is 3.02. The summed E-state index contributed by atoms with van der Waals surface area (Å²) in [6.07, 6.45) is 10.4. The maximum Gasteiger partial charge on any atom is 0.193 e. The largest absolute Gasteiger partial charge is 0.445 e. The number of fused-ring (bicyclic) bond motifs is 2. The second kappa shape index (κ2) is 5.52. The van der Waals surface area contributed by atoms with E-state index in [0.29, 0.717) is 0 Å². The molecule has 0 aliphatic carbocycles. The lowest BCUT2D eigenvalue weighted by molar-refractivity contribution is 0.333. The van der Waals surface area contributed by atoms with Crippen LogP contribution in [0, 0.1) is 0 Å². The van der Waals surface area contributed by atoms with Crippen molar-refractivity contribution in [3.05, 3.63) is 72.2 Å². The average molecular weight is 329 g/mol. The zero-order valence-corrected chi connectivity index (χ0v) is 13.3. The van der Waals surface area contributed by atoms with Gasteiger partial charge in [-0.05, 0) is 42.5 Å². The van der Waals surface area contributed by atoms with Gasteiger partial charge < -0.3 is 15.0 Å². The first-order valence-corrected chi connectivity index (χ1v) is 8.06. The number of nitrogens with one attached hydrogen (secondary N) is 3. The molecule has 6 nitrogen and oxygen atoms in total. The first-order chi connectivity index (χ1) is 12.3. The summed E-state index contributed by atoms with van der Waals surface area (Å²) < 4.78 is 5.93. The molecular formula is C19H15N5O. The maximum atomic E-state index is 5.93. The molecule has 4 aromatic rings. The molecule has 0 amide bonds. The third-order valence-corrected chi connectivity index (χ3v) is 4.24. The smallest absolute Gasteiger partial charge is 0.193 e. The standard InChI is InChI=1S/C19H15N5O/c1-2-16-12(10-21-19(16)20-7-1)9-15-4-6-18(25-15)23-14-3-5-17-13(8-14)11-22-24-17/h1-3,5-11,23H,4H2,(H,20,21)(H,22,24). The highest BCUT2D eigenvalue weighted by Crippen LogP contribution is 2.27. The van der Waals surface area contributed by atoms with E-state index in [2.05, 4.69) is 25.5 Å². The molecule has 6 heteroatoms. The van der Waals surface area contributed by atoms with Gasteiger partial charge in [0.05, 0.1) is 11.7 Å². The summed E-state index contributed by atoms with van der Waals surface area (Å²) in [4.78, 5) is 7.48. The van der Waals surface area contributed by atoms with E-state index in [4.69, 9.17) is 4.74 Å². The Morgan fingerprint density at radius 1 is 1.24 bits per heavy atom. The second-order valence-electron chi connectivity index (χ2n) is 5.93. The zero-order chi connectivity index (χ0) is 16.6. The molecule has 1 aromatic carbocycles. The number of ether oxygens (including phenoxy) is 1. The van der Waals surface area contributed by atoms with E-state index in [1.54, 1.807) is 12.4 Å². The Kier molecular flexibility index (Phi) is 3.06. The van der Waals surface area contributed by atoms with Crippen molar-refractivity contribution in [2.45, 2.75) is 6.42 Å². The third-order valence-electron chi connectivity index (χ3n) is 4.24. The number of pyridine rings is 1. The molecule has 3 aromatic heterocycles. The van der Waals surface area contributed by atoms with Gasteiger partial charge in [-0.3, -0.25) is 5.10 Å². The Labute approximate surface area is 143 Å². The SMILES string of the molecule is C(=C1CC=C(Nc2ccc3[nH]ncc3c2)O1)c1c[nH]c2ncccc12. The van der Waals surface area contributed by atoms with Crippen LogP contribution < -0.4 is 5.32 Å². The summed E-state index contributed by atoms with van der Waals surface area (Å²) >= 11 is 0. The fraction of sp³-hybridized carbons (Fsp3) is 0.0526. The summed E-state index contributed by atoms with van der Waals surface area (Å²) in [7, 11) is 0. The van der Waals surface area contributed by atoms with Crippen LogP contribution in [0.15, 0.2) is 66.6 Å². The van der Waals surface area contributed by atoms with Crippen LogP contribution >= 0.6 is 0 Å². The van der Waals surface area contributed by atoms with Gasteiger partial charge in [-0.2, -0.15) is 5.10 Å². The molecule has 0 spiro atoms. The van der Waals surface area contributed by atoms with Crippen LogP contribution in [0.4, 0.5) is 5.69 Å². The minimum atomic E-state index is 0.743. The van der Waals surface area contributed by atoms with Crippen LogP contribution in [-0.4, -0.2) is 20.2 Å². The van der Waals surface area contributed by atoms with Gasteiger partial charge in [0, 0.05) is 40.8 Å². The van der Waals surface area contributed by atoms with Gasteiger partial charge in [0.1, 0.15) is 11.4 Å². The minimum absolute atomic E-state index is 0.743. The van der Waals surface area contributed by atoms with E-state index in [-0.39, 0.29) is 0 Å². The van der Waals surface area contributed by atoms with Crippen LogP contribution in [0.5, 0.6) is 0 Å². The third kappa shape index (κ3) is 2.53. The van der Waals surface area contributed by atoms with Crippen LogP contribution in [0.3, 0.4) is 0 Å². The van der Waals surface area contributed by atoms with Crippen molar-refractivity contribution in [2.75, 3.05) is 5.32 Å². The molecule has 5 rings (SSSR count). The topological polar surface area (TPSA) is 78.6 Å². The molecule has 0 atom stereocenters. The van der Waals surface area contributed by atoms with Crippen LogP contribution in [0.25, 0.3) is 28.0 Å². The average Bonchev–Trinajstić information content (AvgIpc) is 3.36. The molecule has 0 saturated heterocycles. The second-order valence-corrected chi connectivity index (χ2v) is 5.93. The molecule has 4 heterocycles. The van der Waals surface area contributed by atoms with Crippen LogP contribution in [-0.2, 0) is 4.74 Å². The van der Waals surface area contributed by atoms with E-state index < -0.39 is 0 Å². The zero-order valence-electron chi connectivity index (χ0n) is 13.3. The van der Waals surface area contributed by atoms with Gasteiger partial charge >= 0.3 is 0 Å². The predicted octanol–water partition coefficient (Wildman–Crippen LogP) is 4.15. The van der Waals surface area contributed by atoms with E-state index >= 15 is 0 Å². The van der Waals surface area contributed by atoms with E-state index in [0.717, 1.165) is 51.3 Å². The van der Waals surface area contributed by atoms with Gasteiger partial charge in [-0.15, -0.1) is 0 Å². The maximum absolute atomic E-state index is 5.93. The lowest BCUT2D eigenvalue weighted by Gasteiger charge is -2.08. The highest BCUT2D eigenvalue weighted by atomic mass is 16.5. The van der Waals surface area contributed by atoms with Crippen molar-refractivity contribution >= 4 is 33.7 Å². The molecule has 3 N–H and O–H groups in total. The number of nitrogens with zero attached hydrogens (tertiary/aromatic N) is 2. The van der Waals surface area contributed by atoms with Crippen molar-refractivity contribution < 1.29 is 4.74 Å². The van der Waals surface area contributed by atoms with Crippen molar-refractivity contribution in [1.82, 2.24) is 20.2 Å². The number of aromatic amines is 2. The van der Waals surface area contributed by atoms with Crippen molar-refractivity contribution in [1.29, 1.82) is 0 Å². The number of aromatic nitrogens is 4. The molecule has 25 heavy (non-hydrogen) atoms. The molecule has 0 unspecified atom stereocenters. The van der Waals surface area contributed by atoms with Gasteiger partial charge in [-0.1, -0.05) is 0 Å². The predicted molar refractivity (Wildman–Crippen MR) is 97.6 cm³/mol. The Morgan fingerprint density at radius 2 is 2.24 bits per heavy atom. The monoisotopic (exact) mass is 329 g/mol. The van der Waals surface area contributed by atoms with Crippen molar-refractivity contribution in [3.8, 4) is 0 Å². The number of benzene rings is 1. The van der Waals surface area contributed by atoms with Crippen LogP contribution in [0.2, 0.25) is 0 Å². The molecule has 0 bridgehead atoms. The molecule has 0 fully saturated rings. The number of anilines is 1. The normalized spacial score (nSPS) is 15.7. The molecule has 122 valence electrons. The number of rotatable bonds is 3. The van der Waals surface area contributed by atoms with Gasteiger partial charge in [0.25, 0.3) is 0 Å². The minimum Gasteiger partial charge on any atom is -0.445 e. The van der Waals surface area contributed by atoms with E-state index in [9.17, 15) is 0 Å². The summed E-state index contributed by atoms with van der Waals surface area (Å²) in [5.74, 6) is 1.64. The molecule has 0 radical (unpaired) electrons. The highest BCUT2D eigenvalue weighted by Gasteiger charge is 2.13. The lowest BCUT2D eigenvalue weighted by Crippen LogP contribution is -1.98. The number of hydrogen-bond donors (Lipinski definition) is 3. The van der Waals surface area contributed by atoms with Crippen LogP contribution in [0.1, 0.15) is 12.0 Å². The Hall–Kier alpha value is -3.54. The van der Waals surface area contributed by atoms with Crippen molar-refractivity contribution in [2.24, 2.45) is 0 Å². The van der Waals surface area contributed by atoms with Gasteiger partial charge in [-0.25, -0.2) is 4.98 Å². The Balaban J connectivity index is 1.35. The van der Waals surface area contributed by atoms with Gasteiger partial charge in [0.2, 0.25) is 0 Å². The molecule has 1 aliphatic rings. The molecule has 1 aliphatic heterocycles. The van der Waals surface area contributed by atoms with Crippen molar-refractivity contribution in [3.63, 3.8) is 0 Å². The van der Waals surface area contributed by atoms with Gasteiger partial charge in [0.15, 0.2) is 5.88 Å². The summed E-state index contributed by atoms with van der Waals surface area (Å²) in [6.45, 7) is 0. The number of hydrogen-bond acceptors (Lipinski definition) is 4. The summed E-state index contributed by atoms with van der Waals surface area (Å²) in [6, 6.07) is 10.0. The molecule has 0 saturated carbocycles. The number of H-pyrrole nitrogens is 2. The lowest BCUT2D eigenvalue weighted by atomic mass is 10.2. The quantitative estimate of drug-likeness (QED) is 0.527. The van der Waals surface area contributed by atoms with E-state index in [1.807, 2.05) is 48.7 Å². The summed E-state index contributed by atoms with van der Waals surface area (Å²) in [5.41, 5.74) is 3.94. The summed E-state index contributed by atoms with van der Waals surface area (Å²) in [5, 5.41) is 12.4. The Bertz CT molecular complexity index is 1130. The number of allylic oxidation sites excluding steroid dienone is 1. The first kappa shape index (κ1) is 13.9. The first-order valence-electron chi connectivity index (χ1n) is 8.06. The van der Waals surface area contributed by atoms with E-state index in [1.165, 1.54) is 0 Å². The molecular weight excluding hydrogens is 314 g/mol. The highest BCUT2D eigenvalue weighted by molar-refractivity contribution is 5.86. The Morgan fingerprint density at radius 3 is 3.24 bits per heavy atom.